The van der Waals surface area contributed by atoms with Crippen LogP contribution in [0.1, 0.15) is 54.4 Å². The first-order valence-electron chi connectivity index (χ1n) is 7.38. The van der Waals surface area contributed by atoms with Crippen molar-refractivity contribution in [3.05, 3.63) is 0 Å². The van der Waals surface area contributed by atoms with Gasteiger partial charge >= 0.3 is 11.9 Å². The van der Waals surface area contributed by atoms with Gasteiger partial charge in [-0.2, -0.15) is 0 Å². The van der Waals surface area contributed by atoms with E-state index in [-0.39, 0.29) is 30.5 Å². The van der Waals surface area contributed by atoms with Gasteiger partial charge in [0.25, 0.3) is 0 Å². The lowest BCUT2D eigenvalue weighted by Gasteiger charge is -2.19. The Labute approximate surface area is 133 Å². The van der Waals surface area contributed by atoms with Crippen LogP contribution >= 0.6 is 0 Å². The molecule has 0 aromatic heterocycles. The monoisotopic (exact) mass is 315 g/mol. The second-order valence-electron chi connectivity index (χ2n) is 6.08. The molecule has 0 aliphatic carbocycles. The van der Waals surface area contributed by atoms with Gasteiger partial charge in [-0.15, -0.1) is 0 Å². The number of methoxy groups -OCH3 is 1. The van der Waals surface area contributed by atoms with Gasteiger partial charge in [-0.05, 0) is 40.5 Å². The van der Waals surface area contributed by atoms with Crippen molar-refractivity contribution in [2.75, 3.05) is 20.3 Å². The van der Waals surface area contributed by atoms with Crippen molar-refractivity contribution in [1.29, 1.82) is 0 Å². The van der Waals surface area contributed by atoms with Gasteiger partial charge in [0.15, 0.2) is 0 Å². The van der Waals surface area contributed by atoms with Crippen molar-refractivity contribution in [2.24, 2.45) is 15.8 Å². The molecule has 0 unspecified atom stereocenters. The van der Waals surface area contributed by atoms with Crippen LogP contribution in [0.4, 0.5) is 0 Å². The summed E-state index contributed by atoms with van der Waals surface area (Å²) in [6.07, 6.45) is 2.92. The van der Waals surface area contributed by atoms with E-state index >= 15 is 0 Å². The number of isocyanates is 1. The van der Waals surface area contributed by atoms with E-state index in [2.05, 4.69) is 9.73 Å². The fraction of sp³-hybridized carbons (Fsp3) is 0.812. The van der Waals surface area contributed by atoms with E-state index in [1.54, 1.807) is 0 Å². The zero-order chi connectivity index (χ0) is 17.8. The van der Waals surface area contributed by atoms with E-state index < -0.39 is 5.41 Å². The molecule has 0 saturated carbocycles. The normalized spacial score (nSPS) is 10.7. The van der Waals surface area contributed by atoms with Crippen molar-refractivity contribution >= 4 is 18.0 Å². The standard InChI is InChI=1S/C9H15NO3.C7H14O2/c1-4-9(2,3)8(12)13-6-5-10-7-11;1-5-7(2,3)6(8)9-4/h4-6H2,1-3H3;5H2,1-4H3. The van der Waals surface area contributed by atoms with E-state index in [0.29, 0.717) is 0 Å². The first-order valence-corrected chi connectivity index (χ1v) is 7.38. The van der Waals surface area contributed by atoms with Crippen molar-refractivity contribution in [3.63, 3.8) is 0 Å². The summed E-state index contributed by atoms with van der Waals surface area (Å²) in [7, 11) is 1.42. The lowest BCUT2D eigenvalue weighted by molar-refractivity contribution is -0.153. The zero-order valence-electron chi connectivity index (χ0n) is 14.8. The molecule has 0 spiro atoms. The molecule has 0 bridgehead atoms. The first kappa shape index (κ1) is 22.6. The summed E-state index contributed by atoms with van der Waals surface area (Å²) >= 11 is 0. The number of ether oxygens (including phenoxy) is 2. The van der Waals surface area contributed by atoms with Gasteiger partial charge in [-0.3, -0.25) is 9.59 Å². The SMILES string of the molecule is CCC(C)(C)C(=O)OC.CCC(C)(C)C(=O)OCCN=C=O. The molecule has 0 aromatic rings. The summed E-state index contributed by atoms with van der Waals surface area (Å²) in [5.41, 5.74) is -0.764. The third-order valence-electron chi connectivity index (χ3n) is 3.56. The quantitative estimate of drug-likeness (QED) is 0.312. The predicted molar refractivity (Wildman–Crippen MR) is 84.1 cm³/mol. The molecular formula is C16H29NO5. The molecule has 0 radical (unpaired) electrons. The van der Waals surface area contributed by atoms with Crippen LogP contribution in [-0.4, -0.2) is 38.3 Å². The van der Waals surface area contributed by atoms with Gasteiger partial charge in [0.2, 0.25) is 6.08 Å². The highest BCUT2D eigenvalue weighted by molar-refractivity contribution is 5.76. The van der Waals surface area contributed by atoms with Gasteiger partial charge in [0.1, 0.15) is 6.61 Å². The summed E-state index contributed by atoms with van der Waals surface area (Å²) < 4.78 is 9.46. The molecule has 0 N–H and O–H groups in total. The lowest BCUT2D eigenvalue weighted by Crippen LogP contribution is -2.26. The van der Waals surface area contributed by atoms with Crippen LogP contribution in [0.3, 0.4) is 0 Å². The summed E-state index contributed by atoms with van der Waals surface area (Å²) in [4.78, 5) is 35.1. The molecule has 6 nitrogen and oxygen atoms in total. The Balaban J connectivity index is 0. The van der Waals surface area contributed by atoms with E-state index in [0.717, 1.165) is 12.8 Å². The minimum Gasteiger partial charge on any atom is -0.469 e. The molecular weight excluding hydrogens is 286 g/mol. The second-order valence-corrected chi connectivity index (χ2v) is 6.08. The Kier molecular flexibility index (Phi) is 11.3. The molecule has 22 heavy (non-hydrogen) atoms. The van der Waals surface area contributed by atoms with E-state index in [4.69, 9.17) is 4.74 Å². The van der Waals surface area contributed by atoms with E-state index in [1.165, 1.54) is 13.2 Å². The number of hydrogen-bond donors (Lipinski definition) is 0. The fourth-order valence-electron chi connectivity index (χ4n) is 0.990. The van der Waals surface area contributed by atoms with Crippen LogP contribution in [0.2, 0.25) is 0 Å². The van der Waals surface area contributed by atoms with Gasteiger partial charge in [0, 0.05) is 0 Å². The summed E-state index contributed by atoms with van der Waals surface area (Å²) in [5, 5.41) is 0. The van der Waals surface area contributed by atoms with Crippen LogP contribution in [0, 0.1) is 10.8 Å². The molecule has 0 rings (SSSR count). The Bertz CT molecular complexity index is 395. The molecule has 128 valence electrons. The van der Waals surface area contributed by atoms with Crippen LogP contribution in [-0.2, 0) is 23.9 Å². The Morgan fingerprint density at radius 2 is 1.45 bits per heavy atom. The third kappa shape index (κ3) is 9.29. The summed E-state index contributed by atoms with van der Waals surface area (Å²) in [6, 6.07) is 0. The number of esters is 2. The number of hydrogen-bond acceptors (Lipinski definition) is 6. The number of aliphatic imine (C=N–C) groups is 1. The largest absolute Gasteiger partial charge is 0.469 e. The molecule has 0 aliphatic rings. The second kappa shape index (κ2) is 11.0. The average Bonchev–Trinajstić information content (AvgIpc) is 2.50. The summed E-state index contributed by atoms with van der Waals surface area (Å²) in [5.74, 6) is -0.388. The van der Waals surface area contributed by atoms with Gasteiger partial charge in [0.05, 0.1) is 24.5 Å². The van der Waals surface area contributed by atoms with Crippen LogP contribution in [0.5, 0.6) is 0 Å². The highest BCUT2D eigenvalue weighted by atomic mass is 16.5. The number of carbonyl (C=O) groups excluding carboxylic acids is 3. The van der Waals surface area contributed by atoms with Crippen molar-refractivity contribution in [1.82, 2.24) is 0 Å². The van der Waals surface area contributed by atoms with Gasteiger partial charge < -0.3 is 9.47 Å². The molecule has 0 aliphatic heterocycles. The summed E-state index contributed by atoms with van der Waals surface area (Å²) in [6.45, 7) is 11.6. The Hall–Kier alpha value is -1.68. The van der Waals surface area contributed by atoms with Crippen LogP contribution in [0.15, 0.2) is 4.99 Å². The number of carbonyl (C=O) groups is 2. The van der Waals surface area contributed by atoms with E-state index in [1.807, 2.05) is 41.5 Å². The maximum absolute atomic E-state index is 11.3. The van der Waals surface area contributed by atoms with Crippen molar-refractivity contribution < 1.29 is 23.9 Å². The molecule has 0 atom stereocenters. The molecule has 6 heteroatoms. The Morgan fingerprint density at radius 3 is 1.77 bits per heavy atom. The molecule has 0 aromatic carbocycles. The fourth-order valence-corrected chi connectivity index (χ4v) is 0.990. The zero-order valence-corrected chi connectivity index (χ0v) is 14.8. The lowest BCUT2D eigenvalue weighted by atomic mass is 9.91. The van der Waals surface area contributed by atoms with Crippen LogP contribution < -0.4 is 0 Å². The van der Waals surface area contributed by atoms with Gasteiger partial charge in [-0.25, -0.2) is 9.79 Å². The molecule has 0 heterocycles. The maximum Gasteiger partial charge on any atom is 0.311 e. The topological polar surface area (TPSA) is 82.0 Å². The Morgan fingerprint density at radius 1 is 1.00 bits per heavy atom. The highest BCUT2D eigenvalue weighted by Gasteiger charge is 2.26. The smallest absolute Gasteiger partial charge is 0.311 e. The van der Waals surface area contributed by atoms with E-state index in [9.17, 15) is 14.4 Å². The molecule has 0 saturated heterocycles. The maximum atomic E-state index is 11.3. The average molecular weight is 315 g/mol. The highest BCUT2D eigenvalue weighted by Crippen LogP contribution is 2.21. The third-order valence-corrected chi connectivity index (χ3v) is 3.56. The minimum atomic E-state index is -0.453. The molecule has 0 amide bonds. The van der Waals surface area contributed by atoms with Crippen molar-refractivity contribution in [2.45, 2.75) is 54.4 Å². The minimum absolute atomic E-state index is 0.134. The number of rotatable bonds is 7. The molecule has 0 fully saturated rings. The number of nitrogens with zero attached hydrogens (tertiary/aromatic N) is 1. The van der Waals surface area contributed by atoms with Crippen molar-refractivity contribution in [3.8, 4) is 0 Å². The van der Waals surface area contributed by atoms with Crippen LogP contribution in [0.25, 0.3) is 0 Å². The van der Waals surface area contributed by atoms with Gasteiger partial charge in [-0.1, -0.05) is 13.8 Å². The predicted octanol–water partition coefficient (Wildman–Crippen LogP) is 2.90. The first-order chi connectivity index (χ1) is 10.1.